The van der Waals surface area contributed by atoms with Gasteiger partial charge in [0.2, 0.25) is 0 Å². The highest BCUT2D eigenvalue weighted by Gasteiger charge is 2.04. The van der Waals surface area contributed by atoms with E-state index in [1.54, 1.807) is 0 Å². The standard InChI is InChI=1S/C13H20/c1-5-6-12(4)13-8-10(2)7-11(3)9-13/h7-9,12H,5-6H2,1-4H3. The number of rotatable bonds is 3. The zero-order valence-corrected chi connectivity index (χ0v) is 9.22. The molecule has 0 aliphatic carbocycles. The van der Waals surface area contributed by atoms with Crippen LogP contribution >= 0.6 is 0 Å². The summed E-state index contributed by atoms with van der Waals surface area (Å²) in [6.45, 7) is 8.92. The highest BCUT2D eigenvalue weighted by molar-refractivity contribution is 5.30. The third-order valence-corrected chi connectivity index (χ3v) is 2.53. The monoisotopic (exact) mass is 176 g/mol. The van der Waals surface area contributed by atoms with Gasteiger partial charge in [-0.1, -0.05) is 49.6 Å². The summed E-state index contributed by atoms with van der Waals surface area (Å²) in [6, 6.07) is 6.86. The van der Waals surface area contributed by atoms with Gasteiger partial charge in [-0.25, -0.2) is 0 Å². The van der Waals surface area contributed by atoms with E-state index < -0.39 is 0 Å². The molecule has 0 heteroatoms. The van der Waals surface area contributed by atoms with Gasteiger partial charge in [-0.15, -0.1) is 0 Å². The van der Waals surface area contributed by atoms with Crippen molar-refractivity contribution in [3.8, 4) is 0 Å². The maximum absolute atomic E-state index is 2.32. The van der Waals surface area contributed by atoms with Crippen LogP contribution in [0.4, 0.5) is 0 Å². The number of aryl methyl sites for hydroxylation is 2. The normalized spacial score (nSPS) is 12.9. The average molecular weight is 176 g/mol. The first-order valence-electron chi connectivity index (χ1n) is 5.21. The van der Waals surface area contributed by atoms with Crippen LogP contribution in [0.1, 0.15) is 49.3 Å². The van der Waals surface area contributed by atoms with Crippen LogP contribution in [0, 0.1) is 13.8 Å². The van der Waals surface area contributed by atoms with Crippen LogP contribution in [-0.4, -0.2) is 0 Å². The lowest BCUT2D eigenvalue weighted by Gasteiger charge is -2.12. The van der Waals surface area contributed by atoms with E-state index in [1.807, 2.05) is 0 Å². The minimum atomic E-state index is 0.712. The molecule has 0 aromatic heterocycles. The SMILES string of the molecule is CCCC(C)c1cc(C)cc(C)c1. The van der Waals surface area contributed by atoms with E-state index in [0.717, 1.165) is 0 Å². The smallest absolute Gasteiger partial charge is 0.0190 e. The maximum Gasteiger partial charge on any atom is -0.0190 e. The van der Waals surface area contributed by atoms with Gasteiger partial charge < -0.3 is 0 Å². The fourth-order valence-corrected chi connectivity index (χ4v) is 1.89. The van der Waals surface area contributed by atoms with Gasteiger partial charge in [-0.05, 0) is 31.7 Å². The van der Waals surface area contributed by atoms with Gasteiger partial charge in [-0.2, -0.15) is 0 Å². The quantitative estimate of drug-likeness (QED) is 0.647. The summed E-state index contributed by atoms with van der Waals surface area (Å²) < 4.78 is 0. The molecule has 0 nitrogen and oxygen atoms in total. The topological polar surface area (TPSA) is 0 Å². The molecule has 0 radical (unpaired) electrons. The zero-order valence-electron chi connectivity index (χ0n) is 9.22. The van der Waals surface area contributed by atoms with Crippen LogP contribution in [-0.2, 0) is 0 Å². The van der Waals surface area contributed by atoms with Gasteiger partial charge in [0.25, 0.3) is 0 Å². The first-order chi connectivity index (χ1) is 6.13. The molecule has 0 N–H and O–H groups in total. The van der Waals surface area contributed by atoms with Crippen molar-refractivity contribution in [3.63, 3.8) is 0 Å². The Bertz CT molecular complexity index is 253. The lowest BCUT2D eigenvalue weighted by atomic mass is 9.94. The second kappa shape index (κ2) is 4.45. The first kappa shape index (κ1) is 10.3. The molecule has 13 heavy (non-hydrogen) atoms. The molecule has 0 spiro atoms. The molecule has 0 bridgehead atoms. The molecular weight excluding hydrogens is 156 g/mol. The Morgan fingerprint density at radius 2 is 1.62 bits per heavy atom. The second-order valence-corrected chi connectivity index (χ2v) is 4.11. The van der Waals surface area contributed by atoms with Crippen molar-refractivity contribution in [1.29, 1.82) is 0 Å². The third-order valence-electron chi connectivity index (χ3n) is 2.53. The summed E-state index contributed by atoms with van der Waals surface area (Å²) in [7, 11) is 0. The van der Waals surface area contributed by atoms with Crippen LogP contribution < -0.4 is 0 Å². The van der Waals surface area contributed by atoms with E-state index in [0.29, 0.717) is 5.92 Å². The molecule has 72 valence electrons. The molecule has 0 heterocycles. The molecule has 1 aromatic carbocycles. The predicted octanol–water partition coefficient (Wildman–Crippen LogP) is 4.21. The summed E-state index contributed by atoms with van der Waals surface area (Å²) >= 11 is 0. The lowest BCUT2D eigenvalue weighted by molar-refractivity contribution is 0.664. The van der Waals surface area contributed by atoms with Crippen molar-refractivity contribution in [1.82, 2.24) is 0 Å². The molecule has 0 amide bonds. The van der Waals surface area contributed by atoms with Gasteiger partial charge in [0, 0.05) is 0 Å². The van der Waals surface area contributed by atoms with Crippen LogP contribution in [0.15, 0.2) is 18.2 Å². The highest BCUT2D eigenvalue weighted by Crippen LogP contribution is 2.22. The molecular formula is C13H20. The molecule has 1 atom stereocenters. The Balaban J connectivity index is 2.87. The van der Waals surface area contributed by atoms with Crippen molar-refractivity contribution in [3.05, 3.63) is 34.9 Å². The summed E-state index contributed by atoms with van der Waals surface area (Å²) in [4.78, 5) is 0. The van der Waals surface area contributed by atoms with Crippen molar-refractivity contribution < 1.29 is 0 Å². The molecule has 1 rings (SSSR count). The number of benzene rings is 1. The summed E-state index contributed by atoms with van der Waals surface area (Å²) in [5.41, 5.74) is 4.27. The van der Waals surface area contributed by atoms with Crippen LogP contribution in [0.2, 0.25) is 0 Å². The summed E-state index contributed by atoms with van der Waals surface area (Å²) in [6.07, 6.45) is 2.57. The molecule has 0 fully saturated rings. The van der Waals surface area contributed by atoms with E-state index >= 15 is 0 Å². The van der Waals surface area contributed by atoms with Crippen molar-refractivity contribution in [2.75, 3.05) is 0 Å². The van der Waals surface area contributed by atoms with Crippen LogP contribution in [0.5, 0.6) is 0 Å². The predicted molar refractivity (Wildman–Crippen MR) is 59.2 cm³/mol. The van der Waals surface area contributed by atoms with E-state index in [1.165, 1.54) is 29.5 Å². The van der Waals surface area contributed by atoms with Gasteiger partial charge in [0.05, 0.1) is 0 Å². The Kier molecular flexibility index (Phi) is 3.53. The Hall–Kier alpha value is -0.780. The van der Waals surface area contributed by atoms with Crippen molar-refractivity contribution in [2.45, 2.75) is 46.5 Å². The number of hydrogen-bond donors (Lipinski definition) is 0. The minimum Gasteiger partial charge on any atom is -0.0654 e. The molecule has 0 aliphatic heterocycles. The van der Waals surface area contributed by atoms with E-state index in [-0.39, 0.29) is 0 Å². The maximum atomic E-state index is 2.32. The van der Waals surface area contributed by atoms with Gasteiger partial charge in [0.15, 0.2) is 0 Å². The molecule has 0 saturated heterocycles. The van der Waals surface area contributed by atoms with Crippen LogP contribution in [0.3, 0.4) is 0 Å². The molecule has 1 aromatic rings. The third kappa shape index (κ3) is 2.87. The molecule has 0 saturated carbocycles. The van der Waals surface area contributed by atoms with Crippen LogP contribution in [0.25, 0.3) is 0 Å². The van der Waals surface area contributed by atoms with Gasteiger partial charge >= 0.3 is 0 Å². The zero-order chi connectivity index (χ0) is 9.84. The van der Waals surface area contributed by atoms with E-state index in [9.17, 15) is 0 Å². The lowest BCUT2D eigenvalue weighted by Crippen LogP contribution is -1.94. The highest BCUT2D eigenvalue weighted by atomic mass is 14.1. The summed E-state index contributed by atoms with van der Waals surface area (Å²) in [5.74, 6) is 0.712. The van der Waals surface area contributed by atoms with Crippen molar-refractivity contribution >= 4 is 0 Å². The Morgan fingerprint density at radius 3 is 2.08 bits per heavy atom. The fourth-order valence-electron chi connectivity index (χ4n) is 1.89. The molecule has 0 aliphatic rings. The van der Waals surface area contributed by atoms with Gasteiger partial charge in [0.1, 0.15) is 0 Å². The Labute approximate surface area is 82.0 Å². The second-order valence-electron chi connectivity index (χ2n) is 4.11. The average Bonchev–Trinajstić information content (AvgIpc) is 2.03. The fraction of sp³-hybridized carbons (Fsp3) is 0.538. The Morgan fingerprint density at radius 1 is 1.08 bits per heavy atom. The summed E-state index contributed by atoms with van der Waals surface area (Å²) in [5, 5.41) is 0. The van der Waals surface area contributed by atoms with E-state index in [2.05, 4.69) is 45.9 Å². The van der Waals surface area contributed by atoms with Gasteiger partial charge in [-0.3, -0.25) is 0 Å². The van der Waals surface area contributed by atoms with E-state index in [4.69, 9.17) is 0 Å². The molecule has 1 unspecified atom stereocenters. The largest absolute Gasteiger partial charge is 0.0654 e. The van der Waals surface area contributed by atoms with Crippen molar-refractivity contribution in [2.24, 2.45) is 0 Å². The number of hydrogen-bond acceptors (Lipinski definition) is 0. The first-order valence-corrected chi connectivity index (χ1v) is 5.21. The minimum absolute atomic E-state index is 0.712.